The first-order valence-electron chi connectivity index (χ1n) is 4.54. The summed E-state index contributed by atoms with van der Waals surface area (Å²) in [6.45, 7) is 4.70. The normalized spacial score (nSPS) is 12.1. The number of hydrogen-bond donors (Lipinski definition) is 1. The second-order valence-corrected chi connectivity index (χ2v) is 4.28. The fourth-order valence-electron chi connectivity index (χ4n) is 0.878. The van der Waals surface area contributed by atoms with Gasteiger partial charge in [0.25, 0.3) is 0 Å². The van der Waals surface area contributed by atoms with Gasteiger partial charge in [-0.1, -0.05) is 13.8 Å². The van der Waals surface area contributed by atoms with Crippen molar-refractivity contribution in [2.24, 2.45) is 5.92 Å². The summed E-state index contributed by atoms with van der Waals surface area (Å²) in [4.78, 5) is 3.35. The predicted octanol–water partition coefficient (Wildman–Crippen LogP) is 3.01. The monoisotopic (exact) mass is 239 g/mol. The zero-order chi connectivity index (χ0) is 11.5. The Morgan fingerprint density at radius 1 is 1.40 bits per heavy atom. The molecule has 0 bridgehead atoms. The topological polar surface area (TPSA) is 37.8 Å². The molecule has 0 atom stereocenters. The van der Waals surface area contributed by atoms with Crippen molar-refractivity contribution in [3.63, 3.8) is 0 Å². The van der Waals surface area contributed by atoms with Gasteiger partial charge in [0.15, 0.2) is 0 Å². The van der Waals surface area contributed by atoms with Crippen LogP contribution in [-0.2, 0) is 6.18 Å². The van der Waals surface area contributed by atoms with Crippen LogP contribution in [0.25, 0.3) is 0 Å². The van der Waals surface area contributed by atoms with Crippen LogP contribution in [0.2, 0.25) is 0 Å². The van der Waals surface area contributed by atoms with Gasteiger partial charge in [0.2, 0.25) is 11.0 Å². The van der Waals surface area contributed by atoms with Gasteiger partial charge in [0.05, 0.1) is 0 Å². The van der Waals surface area contributed by atoms with Crippen LogP contribution >= 0.6 is 11.5 Å². The van der Waals surface area contributed by atoms with Gasteiger partial charge >= 0.3 is 6.18 Å². The molecule has 0 aliphatic heterocycles. The summed E-state index contributed by atoms with van der Waals surface area (Å²) >= 11 is 0.736. The average Bonchev–Trinajstić information content (AvgIpc) is 2.51. The van der Waals surface area contributed by atoms with Gasteiger partial charge in [0.1, 0.15) is 0 Å². The second kappa shape index (κ2) is 4.78. The summed E-state index contributed by atoms with van der Waals surface area (Å²) < 4.78 is 39.5. The number of alkyl halides is 3. The summed E-state index contributed by atoms with van der Waals surface area (Å²) in [5.74, 6) is -0.563. The summed E-state index contributed by atoms with van der Waals surface area (Å²) in [6, 6.07) is 0. The van der Waals surface area contributed by atoms with Crippen LogP contribution < -0.4 is 5.32 Å². The molecule has 1 heterocycles. The molecule has 0 aliphatic carbocycles. The average molecular weight is 239 g/mol. The molecule has 0 unspecified atom stereocenters. The molecule has 0 amide bonds. The molecule has 86 valence electrons. The van der Waals surface area contributed by atoms with Crippen LogP contribution in [-0.4, -0.2) is 15.9 Å². The molecule has 0 spiro atoms. The molecule has 3 nitrogen and oxygen atoms in total. The van der Waals surface area contributed by atoms with Crippen LogP contribution in [0.15, 0.2) is 0 Å². The molecule has 1 aromatic rings. The number of anilines is 1. The molecule has 7 heteroatoms. The maximum absolute atomic E-state index is 12.1. The Kier molecular flexibility index (Phi) is 3.90. The Hall–Kier alpha value is -0.850. The Morgan fingerprint density at radius 3 is 2.53 bits per heavy atom. The van der Waals surface area contributed by atoms with Crippen molar-refractivity contribution in [1.82, 2.24) is 9.36 Å². The minimum Gasteiger partial charge on any atom is -0.360 e. The highest BCUT2D eigenvalue weighted by molar-refractivity contribution is 7.09. The van der Waals surface area contributed by atoms with Crippen molar-refractivity contribution in [3.05, 3.63) is 5.82 Å². The molecule has 1 aromatic heterocycles. The Bertz CT molecular complexity index is 308. The van der Waals surface area contributed by atoms with E-state index in [0.29, 0.717) is 12.5 Å². The lowest BCUT2D eigenvalue weighted by atomic mass is 10.1. The van der Waals surface area contributed by atoms with Crippen LogP contribution in [0, 0.1) is 5.92 Å². The maximum atomic E-state index is 12.1. The van der Waals surface area contributed by atoms with E-state index in [1.807, 2.05) is 13.8 Å². The third-order valence-electron chi connectivity index (χ3n) is 1.68. The smallest absolute Gasteiger partial charge is 0.360 e. The van der Waals surface area contributed by atoms with E-state index in [0.717, 1.165) is 18.0 Å². The van der Waals surface area contributed by atoms with E-state index in [-0.39, 0.29) is 5.13 Å². The van der Waals surface area contributed by atoms with Crippen LogP contribution in [0.1, 0.15) is 26.1 Å². The van der Waals surface area contributed by atoms with Crippen LogP contribution in [0.5, 0.6) is 0 Å². The van der Waals surface area contributed by atoms with Crippen molar-refractivity contribution in [3.8, 4) is 0 Å². The summed E-state index contributed by atoms with van der Waals surface area (Å²) in [5, 5.41) is 3.04. The SMILES string of the molecule is CC(C)CCNc1nc(C(F)(F)F)ns1. The minimum absolute atomic E-state index is 0.225. The van der Waals surface area contributed by atoms with E-state index in [4.69, 9.17) is 0 Å². The first-order valence-corrected chi connectivity index (χ1v) is 5.31. The lowest BCUT2D eigenvalue weighted by molar-refractivity contribution is -0.144. The molecular formula is C8H12F3N3S. The molecule has 0 saturated carbocycles. The largest absolute Gasteiger partial charge is 0.452 e. The van der Waals surface area contributed by atoms with Gasteiger partial charge in [0, 0.05) is 18.1 Å². The zero-order valence-corrected chi connectivity index (χ0v) is 9.24. The lowest BCUT2D eigenvalue weighted by Gasteiger charge is -2.04. The van der Waals surface area contributed by atoms with Crippen molar-refractivity contribution in [2.45, 2.75) is 26.4 Å². The number of aromatic nitrogens is 2. The third kappa shape index (κ3) is 4.03. The Labute approximate surface area is 89.9 Å². The highest BCUT2D eigenvalue weighted by Gasteiger charge is 2.35. The number of nitrogens with zero attached hydrogens (tertiary/aromatic N) is 2. The first kappa shape index (κ1) is 12.2. The van der Waals surface area contributed by atoms with Gasteiger partial charge in [-0.2, -0.15) is 22.5 Å². The van der Waals surface area contributed by atoms with E-state index >= 15 is 0 Å². The molecular weight excluding hydrogens is 227 g/mol. The highest BCUT2D eigenvalue weighted by Crippen LogP contribution is 2.28. The van der Waals surface area contributed by atoms with E-state index in [1.54, 1.807) is 0 Å². The first-order chi connectivity index (χ1) is 6.89. The summed E-state index contributed by atoms with van der Waals surface area (Å²) in [6.07, 6.45) is -3.56. The maximum Gasteiger partial charge on any atom is 0.452 e. The molecule has 0 saturated heterocycles. The minimum atomic E-state index is -4.45. The predicted molar refractivity (Wildman–Crippen MR) is 52.9 cm³/mol. The van der Waals surface area contributed by atoms with Crippen molar-refractivity contribution in [2.75, 3.05) is 11.9 Å². The number of rotatable bonds is 4. The Morgan fingerprint density at radius 2 is 2.07 bits per heavy atom. The van der Waals surface area contributed by atoms with Crippen molar-refractivity contribution >= 4 is 16.7 Å². The fraction of sp³-hybridized carbons (Fsp3) is 0.750. The number of hydrogen-bond acceptors (Lipinski definition) is 4. The van der Waals surface area contributed by atoms with E-state index < -0.39 is 12.0 Å². The molecule has 0 aromatic carbocycles. The highest BCUT2D eigenvalue weighted by atomic mass is 32.1. The number of halogens is 3. The molecule has 1 N–H and O–H groups in total. The Balaban J connectivity index is 2.47. The van der Waals surface area contributed by atoms with Gasteiger partial charge in [-0.25, -0.2) is 0 Å². The second-order valence-electron chi connectivity index (χ2n) is 3.53. The van der Waals surface area contributed by atoms with Gasteiger partial charge in [-0.15, -0.1) is 0 Å². The quantitative estimate of drug-likeness (QED) is 0.877. The van der Waals surface area contributed by atoms with E-state index in [9.17, 15) is 13.2 Å². The van der Waals surface area contributed by atoms with E-state index in [2.05, 4.69) is 14.7 Å². The zero-order valence-electron chi connectivity index (χ0n) is 8.43. The molecule has 0 radical (unpaired) electrons. The third-order valence-corrected chi connectivity index (χ3v) is 2.35. The van der Waals surface area contributed by atoms with Crippen molar-refractivity contribution < 1.29 is 13.2 Å². The molecule has 0 aliphatic rings. The molecule has 15 heavy (non-hydrogen) atoms. The van der Waals surface area contributed by atoms with Crippen LogP contribution in [0.4, 0.5) is 18.3 Å². The van der Waals surface area contributed by atoms with E-state index in [1.165, 1.54) is 0 Å². The molecule has 0 fully saturated rings. The number of nitrogens with one attached hydrogen (secondary N) is 1. The summed E-state index contributed by atoms with van der Waals surface area (Å²) in [5.41, 5.74) is 0. The van der Waals surface area contributed by atoms with Crippen molar-refractivity contribution in [1.29, 1.82) is 0 Å². The lowest BCUT2D eigenvalue weighted by Crippen LogP contribution is -2.08. The summed E-state index contributed by atoms with van der Waals surface area (Å²) in [7, 11) is 0. The molecule has 1 rings (SSSR count). The van der Waals surface area contributed by atoms with Gasteiger partial charge in [-0.05, 0) is 12.3 Å². The van der Waals surface area contributed by atoms with Gasteiger partial charge < -0.3 is 5.32 Å². The fourth-order valence-corrected chi connectivity index (χ4v) is 1.49. The standard InChI is InChI=1S/C8H12F3N3S/c1-5(2)3-4-12-7-13-6(14-15-7)8(9,10)11/h5H,3-4H2,1-2H3,(H,12,13,14). The van der Waals surface area contributed by atoms with Gasteiger partial charge in [-0.3, -0.25) is 0 Å². The van der Waals surface area contributed by atoms with Crippen LogP contribution in [0.3, 0.4) is 0 Å².